The lowest BCUT2D eigenvalue weighted by molar-refractivity contribution is -0.112. The summed E-state index contributed by atoms with van der Waals surface area (Å²) in [6.07, 6.45) is 6.71. The molecule has 0 aliphatic rings. The molecule has 0 aromatic heterocycles. The number of hydrogen-bond acceptors (Lipinski definition) is 3. The molecule has 2 aromatic carbocycles. The van der Waals surface area contributed by atoms with Crippen LogP contribution in [0.15, 0.2) is 46.4 Å². The van der Waals surface area contributed by atoms with Gasteiger partial charge >= 0.3 is 0 Å². The highest BCUT2D eigenvalue weighted by Gasteiger charge is 2.13. The number of nitrogens with zero attached hydrogens (tertiary/aromatic N) is 1. The van der Waals surface area contributed by atoms with E-state index in [4.69, 9.17) is 11.2 Å². The van der Waals surface area contributed by atoms with Crippen LogP contribution in [0.4, 0.5) is 5.69 Å². The predicted molar refractivity (Wildman–Crippen MR) is 107 cm³/mol. The number of carbonyl (C=O) groups excluding carboxylic acids is 1. The third kappa shape index (κ3) is 4.99. The summed E-state index contributed by atoms with van der Waals surface area (Å²) < 4.78 is 6.27. The minimum atomic E-state index is -0.484. The fourth-order valence-electron chi connectivity index (χ4n) is 2.33. The molecule has 0 unspecified atom stereocenters. The molecular weight excluding hydrogens is 392 g/mol. The topological polar surface area (TPSA) is 62.1 Å². The van der Waals surface area contributed by atoms with Crippen LogP contribution in [-0.4, -0.2) is 12.5 Å². The Labute approximate surface area is 161 Å². The van der Waals surface area contributed by atoms with Crippen LogP contribution in [0.5, 0.6) is 5.75 Å². The number of ether oxygens (including phenoxy) is 1. The predicted octanol–water partition coefficient (Wildman–Crippen LogP) is 4.62. The van der Waals surface area contributed by atoms with Crippen LogP contribution in [0.2, 0.25) is 0 Å². The fraction of sp³-hybridized carbons (Fsp3) is 0.143. The van der Waals surface area contributed by atoms with Crippen LogP contribution in [0.3, 0.4) is 0 Å². The van der Waals surface area contributed by atoms with Gasteiger partial charge in [-0.15, -0.1) is 6.42 Å². The summed E-state index contributed by atoms with van der Waals surface area (Å²) in [5.74, 6) is 2.41. The van der Waals surface area contributed by atoms with Gasteiger partial charge in [0, 0.05) is 15.7 Å². The molecule has 2 aromatic rings. The SMILES string of the molecule is C#CCOc1ccc(Br)cc1/C=C(\C#N)C(=O)Nc1ccc(C)cc1C. The number of benzene rings is 2. The molecule has 5 heteroatoms. The Morgan fingerprint density at radius 2 is 2.08 bits per heavy atom. The highest BCUT2D eigenvalue weighted by molar-refractivity contribution is 9.10. The molecule has 0 atom stereocenters. The fourth-order valence-corrected chi connectivity index (χ4v) is 2.71. The second-order valence-corrected chi connectivity index (χ2v) is 6.53. The Morgan fingerprint density at radius 1 is 1.31 bits per heavy atom. The lowest BCUT2D eigenvalue weighted by atomic mass is 10.1. The first-order valence-electron chi connectivity index (χ1n) is 7.81. The summed E-state index contributed by atoms with van der Waals surface area (Å²) in [7, 11) is 0. The normalized spacial score (nSPS) is 10.6. The first kappa shape index (κ1) is 19.3. The Bertz CT molecular complexity index is 949. The second-order valence-electron chi connectivity index (χ2n) is 5.62. The van der Waals surface area contributed by atoms with E-state index in [9.17, 15) is 10.1 Å². The van der Waals surface area contributed by atoms with E-state index in [1.54, 1.807) is 18.2 Å². The quantitative estimate of drug-likeness (QED) is 0.445. The minimum Gasteiger partial charge on any atom is -0.480 e. The maximum Gasteiger partial charge on any atom is 0.266 e. The molecule has 0 fully saturated rings. The summed E-state index contributed by atoms with van der Waals surface area (Å²) in [5.41, 5.74) is 3.24. The monoisotopic (exact) mass is 408 g/mol. The van der Waals surface area contributed by atoms with Crippen molar-refractivity contribution in [3.63, 3.8) is 0 Å². The van der Waals surface area contributed by atoms with E-state index in [2.05, 4.69) is 27.2 Å². The van der Waals surface area contributed by atoms with Gasteiger partial charge in [0.25, 0.3) is 5.91 Å². The molecule has 0 heterocycles. The molecule has 1 N–H and O–H groups in total. The number of hydrogen-bond donors (Lipinski definition) is 1. The van der Waals surface area contributed by atoms with Gasteiger partial charge in [0.2, 0.25) is 0 Å². The molecule has 0 aliphatic heterocycles. The standard InChI is InChI=1S/C21H17BrN2O2/c1-4-9-26-20-8-6-18(22)12-16(20)11-17(13-23)21(25)24-19-7-5-14(2)10-15(19)3/h1,5-8,10-12H,9H2,2-3H3,(H,24,25)/b17-11+. The average molecular weight is 409 g/mol. The van der Waals surface area contributed by atoms with Gasteiger partial charge in [-0.05, 0) is 49.8 Å². The molecule has 0 saturated heterocycles. The summed E-state index contributed by atoms with van der Waals surface area (Å²) in [5, 5.41) is 12.2. The van der Waals surface area contributed by atoms with Crippen molar-refractivity contribution in [1.29, 1.82) is 5.26 Å². The van der Waals surface area contributed by atoms with Gasteiger partial charge in [-0.25, -0.2) is 0 Å². The van der Waals surface area contributed by atoms with Crippen molar-refractivity contribution < 1.29 is 9.53 Å². The Hall–Kier alpha value is -3.02. The molecule has 4 nitrogen and oxygen atoms in total. The van der Waals surface area contributed by atoms with E-state index in [0.29, 0.717) is 17.0 Å². The van der Waals surface area contributed by atoms with Gasteiger partial charge < -0.3 is 10.1 Å². The number of amides is 1. The van der Waals surface area contributed by atoms with Crippen LogP contribution in [0.1, 0.15) is 16.7 Å². The van der Waals surface area contributed by atoms with Crippen LogP contribution in [0.25, 0.3) is 6.08 Å². The van der Waals surface area contributed by atoms with Gasteiger partial charge in [0.15, 0.2) is 0 Å². The first-order chi connectivity index (χ1) is 12.4. The number of anilines is 1. The number of rotatable bonds is 5. The minimum absolute atomic E-state index is 0.0337. The second kappa shape index (κ2) is 8.89. The highest BCUT2D eigenvalue weighted by atomic mass is 79.9. The molecule has 0 bridgehead atoms. The average Bonchev–Trinajstić information content (AvgIpc) is 2.61. The summed E-state index contributed by atoms with van der Waals surface area (Å²) in [4.78, 5) is 12.5. The summed E-state index contributed by atoms with van der Waals surface area (Å²) in [6, 6.07) is 12.9. The highest BCUT2D eigenvalue weighted by Crippen LogP contribution is 2.26. The molecule has 0 spiro atoms. The van der Waals surface area contributed by atoms with Gasteiger partial charge in [0.1, 0.15) is 24.0 Å². The smallest absolute Gasteiger partial charge is 0.266 e. The van der Waals surface area contributed by atoms with Crippen molar-refractivity contribution in [2.24, 2.45) is 0 Å². The zero-order valence-corrected chi connectivity index (χ0v) is 16.1. The number of carbonyl (C=O) groups is 1. The van der Waals surface area contributed by atoms with Crippen molar-refractivity contribution in [1.82, 2.24) is 0 Å². The van der Waals surface area contributed by atoms with Crippen molar-refractivity contribution in [2.45, 2.75) is 13.8 Å². The van der Waals surface area contributed by atoms with Crippen molar-refractivity contribution >= 4 is 33.6 Å². The van der Waals surface area contributed by atoms with Gasteiger partial charge in [-0.1, -0.05) is 39.5 Å². The number of aryl methyl sites for hydroxylation is 2. The van der Waals surface area contributed by atoms with Gasteiger partial charge in [-0.2, -0.15) is 5.26 Å². The van der Waals surface area contributed by atoms with Crippen LogP contribution in [0, 0.1) is 37.5 Å². The third-order valence-corrected chi connectivity index (χ3v) is 4.07. The maximum absolute atomic E-state index is 12.5. The van der Waals surface area contributed by atoms with Gasteiger partial charge in [0.05, 0.1) is 0 Å². The molecule has 2 rings (SSSR count). The molecule has 0 radical (unpaired) electrons. The maximum atomic E-state index is 12.5. The van der Waals surface area contributed by atoms with Gasteiger partial charge in [-0.3, -0.25) is 4.79 Å². The van der Waals surface area contributed by atoms with E-state index in [1.807, 2.05) is 38.1 Å². The molecule has 26 heavy (non-hydrogen) atoms. The van der Waals surface area contributed by atoms with E-state index >= 15 is 0 Å². The molecule has 0 aliphatic carbocycles. The van der Waals surface area contributed by atoms with Crippen molar-refractivity contribution in [2.75, 3.05) is 11.9 Å². The molecule has 130 valence electrons. The largest absolute Gasteiger partial charge is 0.480 e. The summed E-state index contributed by atoms with van der Waals surface area (Å²) in [6.45, 7) is 3.97. The number of halogens is 1. The Morgan fingerprint density at radius 3 is 2.73 bits per heavy atom. The van der Waals surface area contributed by atoms with E-state index in [1.165, 1.54) is 6.08 Å². The van der Waals surface area contributed by atoms with E-state index < -0.39 is 5.91 Å². The molecular formula is C21H17BrN2O2. The van der Waals surface area contributed by atoms with E-state index in [-0.39, 0.29) is 12.2 Å². The zero-order chi connectivity index (χ0) is 19.1. The van der Waals surface area contributed by atoms with Crippen LogP contribution in [-0.2, 0) is 4.79 Å². The van der Waals surface area contributed by atoms with Crippen LogP contribution < -0.4 is 10.1 Å². The van der Waals surface area contributed by atoms with Crippen LogP contribution >= 0.6 is 15.9 Å². The lowest BCUT2D eigenvalue weighted by Gasteiger charge is -2.10. The number of terminal acetylenes is 1. The van der Waals surface area contributed by atoms with Crippen molar-refractivity contribution in [3.8, 4) is 24.2 Å². The summed E-state index contributed by atoms with van der Waals surface area (Å²) >= 11 is 3.37. The molecule has 1 amide bonds. The zero-order valence-electron chi connectivity index (χ0n) is 14.5. The Kier molecular flexibility index (Phi) is 6.60. The van der Waals surface area contributed by atoms with Crippen molar-refractivity contribution in [3.05, 3.63) is 63.1 Å². The Balaban J connectivity index is 2.32. The number of nitriles is 1. The molecule has 0 saturated carbocycles. The van der Waals surface area contributed by atoms with E-state index in [0.717, 1.165) is 15.6 Å². The lowest BCUT2D eigenvalue weighted by Crippen LogP contribution is -2.14. The third-order valence-electron chi connectivity index (χ3n) is 3.58. The first-order valence-corrected chi connectivity index (χ1v) is 8.60. The number of nitrogens with one attached hydrogen (secondary N) is 1.